The molecule has 1 heterocycles. The predicted molar refractivity (Wildman–Crippen MR) is 62.5 cm³/mol. The van der Waals surface area contributed by atoms with Crippen molar-refractivity contribution >= 4 is 5.97 Å². The second kappa shape index (κ2) is 7.63. The van der Waals surface area contributed by atoms with Crippen LogP contribution in [0.4, 0.5) is 0 Å². The lowest BCUT2D eigenvalue weighted by Gasteiger charge is -2.12. The maximum atomic E-state index is 10.6. The number of hydrogen-bond donors (Lipinski definition) is 2. The Kier molecular flexibility index (Phi) is 6.42. The first-order valence-electron chi connectivity index (χ1n) is 6.33. The molecule has 4 heteroatoms. The third kappa shape index (κ3) is 4.94. The van der Waals surface area contributed by atoms with Crippen molar-refractivity contribution in [1.29, 1.82) is 0 Å². The topological polar surface area (TPSA) is 58.6 Å². The van der Waals surface area contributed by atoms with Crippen molar-refractivity contribution in [3.8, 4) is 0 Å². The van der Waals surface area contributed by atoms with E-state index in [4.69, 9.17) is 9.84 Å². The maximum Gasteiger partial charge on any atom is 0.332 e. The Bertz CT molecular complexity index is 208. The molecule has 0 saturated carbocycles. The monoisotopic (exact) mass is 229 g/mol. The fraction of sp³-hybridized carbons (Fsp3) is 0.917. The normalized spacial score (nSPS) is 24.8. The number of aliphatic carboxylic acids is 1. The summed E-state index contributed by atoms with van der Waals surface area (Å²) in [7, 11) is 0. The van der Waals surface area contributed by atoms with Crippen LogP contribution in [0.1, 0.15) is 45.4 Å². The lowest BCUT2D eigenvalue weighted by molar-refractivity contribution is -0.149. The van der Waals surface area contributed by atoms with Gasteiger partial charge in [-0.05, 0) is 25.8 Å². The summed E-state index contributed by atoms with van der Waals surface area (Å²) in [5.41, 5.74) is 0. The molecule has 0 radical (unpaired) electrons. The van der Waals surface area contributed by atoms with Crippen molar-refractivity contribution in [3.05, 3.63) is 0 Å². The van der Waals surface area contributed by atoms with Crippen LogP contribution in [0.2, 0.25) is 0 Å². The van der Waals surface area contributed by atoms with Gasteiger partial charge in [0.25, 0.3) is 0 Å². The number of nitrogens with one attached hydrogen (secondary N) is 1. The highest BCUT2D eigenvalue weighted by molar-refractivity contribution is 5.72. The molecular formula is C12H23NO3. The van der Waals surface area contributed by atoms with Crippen LogP contribution in [0.15, 0.2) is 0 Å². The molecule has 1 rings (SSSR count). The molecule has 0 bridgehead atoms. The number of carboxylic acid groups (broad SMARTS) is 1. The number of carbonyl (C=O) groups is 1. The fourth-order valence-corrected chi connectivity index (χ4v) is 1.98. The zero-order valence-electron chi connectivity index (χ0n) is 10.1. The van der Waals surface area contributed by atoms with Crippen molar-refractivity contribution in [3.63, 3.8) is 0 Å². The van der Waals surface area contributed by atoms with E-state index in [0.717, 1.165) is 19.5 Å². The van der Waals surface area contributed by atoms with Crippen LogP contribution in [0.5, 0.6) is 0 Å². The highest BCUT2D eigenvalue weighted by atomic mass is 16.5. The van der Waals surface area contributed by atoms with Crippen LogP contribution in [0.25, 0.3) is 0 Å². The summed E-state index contributed by atoms with van der Waals surface area (Å²) >= 11 is 0. The number of hydrogen-bond acceptors (Lipinski definition) is 3. The van der Waals surface area contributed by atoms with Crippen molar-refractivity contribution < 1.29 is 14.6 Å². The highest BCUT2D eigenvalue weighted by Gasteiger charge is 2.29. The van der Waals surface area contributed by atoms with Crippen LogP contribution in [0, 0.1) is 0 Å². The third-order valence-corrected chi connectivity index (χ3v) is 2.96. The number of carboxylic acids is 1. The van der Waals surface area contributed by atoms with Crippen molar-refractivity contribution in [1.82, 2.24) is 5.32 Å². The lowest BCUT2D eigenvalue weighted by atomic mass is 10.2. The van der Waals surface area contributed by atoms with Gasteiger partial charge in [0, 0.05) is 6.54 Å². The highest BCUT2D eigenvalue weighted by Crippen LogP contribution is 2.19. The van der Waals surface area contributed by atoms with Crippen LogP contribution in [-0.2, 0) is 9.53 Å². The number of rotatable bonds is 8. The van der Waals surface area contributed by atoms with Gasteiger partial charge in [-0.3, -0.25) is 0 Å². The van der Waals surface area contributed by atoms with E-state index in [-0.39, 0.29) is 6.10 Å². The Hall–Kier alpha value is -0.610. The minimum absolute atomic E-state index is 0.0901. The fourth-order valence-electron chi connectivity index (χ4n) is 1.98. The molecule has 4 nitrogen and oxygen atoms in total. The van der Waals surface area contributed by atoms with E-state index in [1.54, 1.807) is 0 Å². The quantitative estimate of drug-likeness (QED) is 0.623. The van der Waals surface area contributed by atoms with Gasteiger partial charge in [-0.2, -0.15) is 0 Å². The first-order chi connectivity index (χ1) is 7.74. The SMILES string of the molecule is CCCCCCNCC1CCC(C(=O)O)O1. The van der Waals surface area contributed by atoms with Gasteiger partial charge in [0.05, 0.1) is 6.10 Å². The smallest absolute Gasteiger partial charge is 0.332 e. The summed E-state index contributed by atoms with van der Waals surface area (Å²) in [5.74, 6) is -0.828. The van der Waals surface area contributed by atoms with Gasteiger partial charge in [-0.25, -0.2) is 4.79 Å². The van der Waals surface area contributed by atoms with Gasteiger partial charge < -0.3 is 15.2 Å². The first kappa shape index (κ1) is 13.5. The Morgan fingerprint density at radius 1 is 1.38 bits per heavy atom. The van der Waals surface area contributed by atoms with Gasteiger partial charge >= 0.3 is 5.97 Å². The zero-order chi connectivity index (χ0) is 11.8. The molecule has 0 aromatic heterocycles. The largest absolute Gasteiger partial charge is 0.479 e. The van der Waals surface area contributed by atoms with Gasteiger partial charge in [0.15, 0.2) is 6.10 Å². The van der Waals surface area contributed by atoms with Crippen LogP contribution < -0.4 is 5.32 Å². The molecule has 1 aliphatic heterocycles. The molecule has 1 saturated heterocycles. The lowest BCUT2D eigenvalue weighted by Crippen LogP contribution is -2.29. The molecular weight excluding hydrogens is 206 g/mol. The second-order valence-electron chi connectivity index (χ2n) is 4.43. The Morgan fingerprint density at radius 3 is 2.81 bits per heavy atom. The Balaban J connectivity index is 1.96. The molecule has 1 aliphatic rings. The minimum Gasteiger partial charge on any atom is -0.479 e. The molecule has 2 unspecified atom stereocenters. The summed E-state index contributed by atoms with van der Waals surface area (Å²) < 4.78 is 5.39. The first-order valence-corrected chi connectivity index (χ1v) is 6.33. The van der Waals surface area contributed by atoms with E-state index >= 15 is 0 Å². The van der Waals surface area contributed by atoms with Crippen molar-refractivity contribution in [2.24, 2.45) is 0 Å². The molecule has 2 N–H and O–H groups in total. The molecule has 0 aromatic carbocycles. The van der Waals surface area contributed by atoms with E-state index in [9.17, 15) is 4.79 Å². The van der Waals surface area contributed by atoms with E-state index < -0.39 is 12.1 Å². The average Bonchev–Trinajstić information content (AvgIpc) is 2.72. The van der Waals surface area contributed by atoms with E-state index in [2.05, 4.69) is 12.2 Å². The molecule has 0 amide bonds. The van der Waals surface area contributed by atoms with E-state index in [1.165, 1.54) is 25.7 Å². The summed E-state index contributed by atoms with van der Waals surface area (Å²) in [6.07, 6.45) is 6.04. The third-order valence-electron chi connectivity index (χ3n) is 2.96. The van der Waals surface area contributed by atoms with Gasteiger partial charge in [0.2, 0.25) is 0 Å². The Labute approximate surface area is 97.4 Å². The van der Waals surface area contributed by atoms with Gasteiger partial charge in [-0.1, -0.05) is 26.2 Å². The van der Waals surface area contributed by atoms with Crippen molar-refractivity contribution in [2.45, 2.75) is 57.7 Å². The predicted octanol–water partition coefficient (Wildman–Crippen LogP) is 1.79. The van der Waals surface area contributed by atoms with E-state index in [0.29, 0.717) is 6.42 Å². The zero-order valence-corrected chi connectivity index (χ0v) is 10.1. The molecule has 0 aromatic rings. The number of unbranched alkanes of at least 4 members (excludes halogenated alkanes) is 3. The van der Waals surface area contributed by atoms with Crippen LogP contribution in [0.3, 0.4) is 0 Å². The van der Waals surface area contributed by atoms with Gasteiger partial charge in [-0.15, -0.1) is 0 Å². The minimum atomic E-state index is -0.828. The molecule has 2 atom stereocenters. The Morgan fingerprint density at radius 2 is 2.19 bits per heavy atom. The molecule has 94 valence electrons. The summed E-state index contributed by atoms with van der Waals surface area (Å²) in [5, 5.41) is 12.1. The summed E-state index contributed by atoms with van der Waals surface area (Å²) in [4.78, 5) is 10.6. The summed E-state index contributed by atoms with van der Waals surface area (Å²) in [6.45, 7) is 4.00. The summed E-state index contributed by atoms with van der Waals surface area (Å²) in [6, 6.07) is 0. The molecule has 16 heavy (non-hydrogen) atoms. The molecule has 1 fully saturated rings. The van der Waals surface area contributed by atoms with Gasteiger partial charge in [0.1, 0.15) is 0 Å². The molecule has 0 spiro atoms. The van der Waals surface area contributed by atoms with E-state index in [1.807, 2.05) is 0 Å². The second-order valence-corrected chi connectivity index (χ2v) is 4.43. The standard InChI is InChI=1S/C12H23NO3/c1-2-3-4-5-8-13-9-10-6-7-11(16-10)12(14)15/h10-11,13H,2-9H2,1H3,(H,14,15). The van der Waals surface area contributed by atoms with Crippen molar-refractivity contribution in [2.75, 3.05) is 13.1 Å². The maximum absolute atomic E-state index is 10.6. The van der Waals surface area contributed by atoms with Crippen LogP contribution in [-0.4, -0.2) is 36.4 Å². The molecule has 0 aliphatic carbocycles. The average molecular weight is 229 g/mol. The number of ether oxygens (including phenoxy) is 1. The van der Waals surface area contributed by atoms with Crippen LogP contribution >= 0.6 is 0 Å².